The molecule has 6 rings (SSSR count). The smallest absolute Gasteiger partial charge is 0.311 e. The maximum Gasteiger partial charge on any atom is 0.311 e. The van der Waals surface area contributed by atoms with Gasteiger partial charge in [0.05, 0.1) is 22.1 Å². The number of amides is 1. The van der Waals surface area contributed by atoms with Gasteiger partial charge in [-0.3, -0.25) is 19.2 Å². The van der Waals surface area contributed by atoms with Gasteiger partial charge in [0.1, 0.15) is 11.6 Å². The molecule has 2 heterocycles. The first-order valence-corrected chi connectivity index (χ1v) is 13.5. The van der Waals surface area contributed by atoms with Crippen molar-refractivity contribution in [2.75, 3.05) is 5.32 Å². The van der Waals surface area contributed by atoms with Crippen molar-refractivity contribution in [3.05, 3.63) is 98.8 Å². The van der Waals surface area contributed by atoms with Gasteiger partial charge in [0.2, 0.25) is 23.1 Å². The minimum atomic E-state index is -2.43. The van der Waals surface area contributed by atoms with Crippen LogP contribution in [0.1, 0.15) is 32.4 Å². The van der Waals surface area contributed by atoms with Crippen LogP contribution >= 0.6 is 34.7 Å². The van der Waals surface area contributed by atoms with Crippen LogP contribution in [0.5, 0.6) is 0 Å². The summed E-state index contributed by atoms with van der Waals surface area (Å²) in [6.45, 7) is 0. The zero-order chi connectivity index (χ0) is 28.2. The highest BCUT2D eigenvalue weighted by molar-refractivity contribution is 7.03. The molecule has 0 radical (unpaired) electrons. The lowest BCUT2D eigenvalue weighted by Gasteiger charge is -2.25. The highest BCUT2D eigenvalue weighted by atomic mass is 35.5. The number of benzene rings is 3. The van der Waals surface area contributed by atoms with Gasteiger partial charge in [-0.2, -0.15) is 0 Å². The number of nitrogens with one attached hydrogen (secondary N) is 1. The summed E-state index contributed by atoms with van der Waals surface area (Å²) in [5.41, 5.74) is -0.262. The molecule has 1 amide bonds. The van der Waals surface area contributed by atoms with E-state index in [0.29, 0.717) is 16.9 Å². The lowest BCUT2D eigenvalue weighted by molar-refractivity contribution is -0.147. The van der Waals surface area contributed by atoms with Crippen LogP contribution in [0.4, 0.5) is 5.69 Å². The monoisotopic (exact) mass is 593 g/mol. The predicted molar refractivity (Wildman–Crippen MR) is 147 cm³/mol. The van der Waals surface area contributed by atoms with E-state index < -0.39 is 47.0 Å². The van der Waals surface area contributed by atoms with Gasteiger partial charge < -0.3 is 15.2 Å². The molecule has 2 aliphatic rings. The predicted octanol–water partition coefficient (Wildman–Crippen LogP) is 5.36. The normalized spacial score (nSPS) is 21.0. The van der Waals surface area contributed by atoms with Crippen molar-refractivity contribution in [3.8, 4) is 11.3 Å². The average molecular weight is 594 g/mol. The summed E-state index contributed by atoms with van der Waals surface area (Å²) in [5.74, 6) is -7.20. The molecule has 200 valence electrons. The third-order valence-corrected chi connectivity index (χ3v) is 8.42. The number of fused-ring (bicyclic) bond motifs is 1. The molecular weight excluding hydrogens is 577 g/mol. The second kappa shape index (κ2) is 9.90. The molecule has 1 aromatic heterocycles. The standard InChI is InChI=1S/C28H17Cl2N3O6S/c29-18-10-7-14(11-19(18)30)23-21(26(36)31-15-8-5-13(6-9-15)20-12-40-33-32-20)22(27(37)38)28(39-23)24(34)16-3-1-2-4-17(16)25(28)35/h1-12,21-23H,(H,31,36)(H,37,38)/t21-,22-,23-/m0/s1. The van der Waals surface area contributed by atoms with Gasteiger partial charge in [-0.1, -0.05) is 70.2 Å². The zero-order valence-electron chi connectivity index (χ0n) is 20.2. The van der Waals surface area contributed by atoms with Crippen LogP contribution in [0.3, 0.4) is 0 Å². The Morgan fingerprint density at radius 1 is 0.950 bits per heavy atom. The van der Waals surface area contributed by atoms with Gasteiger partial charge in [-0.05, 0) is 41.4 Å². The molecule has 0 unspecified atom stereocenters. The van der Waals surface area contributed by atoms with Crippen LogP contribution in [0.15, 0.2) is 72.1 Å². The van der Waals surface area contributed by atoms with E-state index in [1.807, 2.05) is 0 Å². The number of halogens is 2. The van der Waals surface area contributed by atoms with Crippen LogP contribution in [0.25, 0.3) is 11.3 Å². The molecule has 1 saturated heterocycles. The van der Waals surface area contributed by atoms with E-state index in [1.165, 1.54) is 41.9 Å². The topological polar surface area (TPSA) is 136 Å². The molecule has 40 heavy (non-hydrogen) atoms. The lowest BCUT2D eigenvalue weighted by Crippen LogP contribution is -2.52. The first-order chi connectivity index (χ1) is 19.2. The number of carboxylic acid groups (broad SMARTS) is 1. The molecule has 1 aliphatic heterocycles. The quantitative estimate of drug-likeness (QED) is 0.295. The Hall–Kier alpha value is -3.96. The minimum Gasteiger partial charge on any atom is -0.481 e. The highest BCUT2D eigenvalue weighted by Crippen LogP contribution is 2.54. The summed E-state index contributed by atoms with van der Waals surface area (Å²) in [6.07, 6.45) is -1.31. The summed E-state index contributed by atoms with van der Waals surface area (Å²) >= 11 is 13.5. The largest absolute Gasteiger partial charge is 0.481 e. The van der Waals surface area contributed by atoms with Crippen LogP contribution < -0.4 is 5.32 Å². The summed E-state index contributed by atoms with van der Waals surface area (Å²) < 4.78 is 9.99. The average Bonchev–Trinajstić information content (AvgIpc) is 3.66. The van der Waals surface area contributed by atoms with E-state index in [0.717, 1.165) is 5.56 Å². The SMILES string of the molecule is O=C(Nc1ccc(-c2csnn2)cc1)[C@H]1[C@@H](C(=O)O)C2(O[C@H]1c1ccc(Cl)c(Cl)c1)C(=O)c1ccccc1C2=O. The highest BCUT2D eigenvalue weighted by Gasteiger charge is 2.71. The molecule has 3 atom stereocenters. The maximum atomic E-state index is 13.8. The van der Waals surface area contributed by atoms with Crippen molar-refractivity contribution < 1.29 is 29.0 Å². The number of carboxylic acids is 1. The van der Waals surface area contributed by atoms with Crippen molar-refractivity contribution in [3.63, 3.8) is 0 Å². The van der Waals surface area contributed by atoms with Crippen molar-refractivity contribution in [2.24, 2.45) is 11.8 Å². The molecular formula is C28H17Cl2N3O6S. The minimum absolute atomic E-state index is 0.0415. The van der Waals surface area contributed by atoms with Crippen molar-refractivity contribution >= 4 is 63.9 Å². The van der Waals surface area contributed by atoms with Gasteiger partial charge >= 0.3 is 5.97 Å². The Labute approximate surface area is 240 Å². The summed E-state index contributed by atoms with van der Waals surface area (Å²) in [7, 11) is 0. The van der Waals surface area contributed by atoms with Crippen LogP contribution in [0.2, 0.25) is 10.0 Å². The number of carbonyl (C=O) groups is 4. The number of ether oxygens (including phenoxy) is 1. The number of nitrogens with zero attached hydrogens (tertiary/aromatic N) is 2. The van der Waals surface area contributed by atoms with Gasteiger partial charge in [0.15, 0.2) is 0 Å². The second-order valence-corrected chi connectivity index (χ2v) is 10.8. The first-order valence-electron chi connectivity index (χ1n) is 11.9. The molecule has 1 spiro atoms. The van der Waals surface area contributed by atoms with E-state index in [4.69, 9.17) is 27.9 Å². The molecule has 3 aromatic carbocycles. The third kappa shape index (κ3) is 4.03. The van der Waals surface area contributed by atoms with Crippen molar-refractivity contribution in [1.82, 2.24) is 9.59 Å². The second-order valence-electron chi connectivity index (χ2n) is 9.35. The Balaban J connectivity index is 1.43. The van der Waals surface area contributed by atoms with Gasteiger partial charge in [0.25, 0.3) is 0 Å². The van der Waals surface area contributed by atoms with E-state index in [1.54, 1.807) is 41.8 Å². The molecule has 12 heteroatoms. The number of carbonyl (C=O) groups excluding carboxylic acids is 3. The van der Waals surface area contributed by atoms with Crippen molar-refractivity contribution in [1.29, 1.82) is 0 Å². The van der Waals surface area contributed by atoms with Crippen molar-refractivity contribution in [2.45, 2.75) is 11.7 Å². The number of rotatable bonds is 5. The van der Waals surface area contributed by atoms with E-state index in [-0.39, 0.29) is 21.2 Å². The van der Waals surface area contributed by atoms with E-state index >= 15 is 0 Å². The Bertz CT molecular complexity index is 1660. The Morgan fingerprint density at radius 3 is 2.20 bits per heavy atom. The Morgan fingerprint density at radius 2 is 1.62 bits per heavy atom. The molecule has 0 saturated carbocycles. The molecule has 9 nitrogen and oxygen atoms in total. The van der Waals surface area contributed by atoms with E-state index in [9.17, 15) is 24.3 Å². The number of aromatic nitrogens is 2. The summed E-state index contributed by atoms with van der Waals surface area (Å²) in [5, 5.41) is 19.3. The maximum absolute atomic E-state index is 13.8. The first kappa shape index (κ1) is 26.3. The zero-order valence-corrected chi connectivity index (χ0v) is 22.5. The number of hydrogen-bond donors (Lipinski definition) is 2. The fourth-order valence-corrected chi connectivity index (χ4v) is 6.14. The number of hydrogen-bond acceptors (Lipinski definition) is 8. The van der Waals surface area contributed by atoms with E-state index in [2.05, 4.69) is 14.9 Å². The molecule has 0 bridgehead atoms. The Kier molecular flexibility index (Phi) is 6.50. The number of anilines is 1. The van der Waals surface area contributed by atoms with Gasteiger partial charge in [0, 0.05) is 27.8 Å². The number of aliphatic carboxylic acids is 1. The number of Topliss-reactive ketones (excluding diaryl/α,β-unsaturated/α-hetero) is 2. The van der Waals surface area contributed by atoms with Gasteiger partial charge in [-0.25, -0.2) is 0 Å². The number of ketones is 2. The van der Waals surface area contributed by atoms with Crippen LogP contribution in [-0.4, -0.2) is 43.7 Å². The molecule has 1 aliphatic carbocycles. The molecule has 1 fully saturated rings. The fraction of sp³-hybridized carbons (Fsp3) is 0.143. The summed E-state index contributed by atoms with van der Waals surface area (Å²) in [6, 6.07) is 17.1. The van der Waals surface area contributed by atoms with Gasteiger partial charge in [-0.15, -0.1) is 5.10 Å². The third-order valence-electron chi connectivity index (χ3n) is 7.18. The lowest BCUT2D eigenvalue weighted by atomic mass is 9.75. The fourth-order valence-electron chi connectivity index (χ4n) is 5.37. The van der Waals surface area contributed by atoms with Crippen LogP contribution in [-0.2, 0) is 14.3 Å². The summed E-state index contributed by atoms with van der Waals surface area (Å²) in [4.78, 5) is 54.1. The van der Waals surface area contributed by atoms with Crippen LogP contribution in [0, 0.1) is 11.8 Å². The molecule has 2 N–H and O–H groups in total. The molecule has 4 aromatic rings.